The number of carboxylic acid groups (broad SMARTS) is 1. The molecule has 0 unspecified atom stereocenters. The molecule has 3 N–H and O–H groups in total. The molecular formula is C12H17ClN2O3. The van der Waals surface area contributed by atoms with E-state index in [-0.39, 0.29) is 12.5 Å². The quantitative estimate of drug-likeness (QED) is 0.743. The molecule has 0 fully saturated rings. The van der Waals surface area contributed by atoms with Crippen LogP contribution in [0.1, 0.15) is 37.2 Å². The highest BCUT2D eigenvalue weighted by Crippen LogP contribution is 2.25. The molecule has 0 atom stereocenters. The van der Waals surface area contributed by atoms with Crippen molar-refractivity contribution in [2.24, 2.45) is 5.41 Å². The Bertz CT molecular complexity index is 438. The molecule has 0 aliphatic heterocycles. The molecule has 0 aliphatic rings. The summed E-state index contributed by atoms with van der Waals surface area (Å²) in [6.07, 6.45) is 2.43. The number of carbonyl (C=O) groups excluding carboxylic acids is 1. The lowest BCUT2D eigenvalue weighted by Gasteiger charge is -2.26. The molecule has 0 saturated heterocycles. The number of aromatic nitrogens is 1. The summed E-state index contributed by atoms with van der Waals surface area (Å²) in [7, 11) is 0. The van der Waals surface area contributed by atoms with Crippen LogP contribution in [0.5, 0.6) is 0 Å². The van der Waals surface area contributed by atoms with E-state index >= 15 is 0 Å². The standard InChI is InChI=1S/C12H17ClN2O3/c1-3-12(4-2,11(17)18)7-15-10(16)9-5-8(13)6-14-9/h5-6,14H,3-4,7H2,1-2H3,(H,15,16)(H,17,18). The highest BCUT2D eigenvalue weighted by molar-refractivity contribution is 6.30. The van der Waals surface area contributed by atoms with Gasteiger partial charge in [-0.2, -0.15) is 0 Å². The predicted octanol–water partition coefficient (Wildman–Crippen LogP) is 2.29. The van der Waals surface area contributed by atoms with Gasteiger partial charge >= 0.3 is 5.97 Å². The fraction of sp³-hybridized carbons (Fsp3) is 0.500. The largest absolute Gasteiger partial charge is 0.481 e. The van der Waals surface area contributed by atoms with Crippen LogP contribution in [-0.4, -0.2) is 28.5 Å². The Morgan fingerprint density at radius 1 is 1.44 bits per heavy atom. The number of hydrogen-bond acceptors (Lipinski definition) is 2. The lowest BCUT2D eigenvalue weighted by molar-refractivity contribution is -0.149. The topological polar surface area (TPSA) is 82.2 Å². The number of halogens is 1. The summed E-state index contributed by atoms with van der Waals surface area (Å²) in [5, 5.41) is 12.3. The molecule has 0 bridgehead atoms. The maximum absolute atomic E-state index is 11.8. The highest BCUT2D eigenvalue weighted by atomic mass is 35.5. The molecule has 1 aromatic heterocycles. The first-order chi connectivity index (χ1) is 8.45. The van der Waals surface area contributed by atoms with Gasteiger partial charge in [-0.3, -0.25) is 9.59 Å². The number of carboxylic acids is 1. The molecular weight excluding hydrogens is 256 g/mol. The molecule has 6 heteroatoms. The Labute approximate surface area is 111 Å². The van der Waals surface area contributed by atoms with Gasteiger partial charge in [-0.25, -0.2) is 0 Å². The van der Waals surface area contributed by atoms with E-state index in [2.05, 4.69) is 10.3 Å². The highest BCUT2D eigenvalue weighted by Gasteiger charge is 2.35. The normalized spacial score (nSPS) is 11.3. The lowest BCUT2D eigenvalue weighted by atomic mass is 9.82. The molecule has 0 aliphatic carbocycles. The van der Waals surface area contributed by atoms with Crippen molar-refractivity contribution in [1.82, 2.24) is 10.3 Å². The second-order valence-electron chi connectivity index (χ2n) is 4.21. The molecule has 1 aromatic rings. The molecule has 0 radical (unpaired) electrons. The van der Waals surface area contributed by atoms with Crippen LogP contribution in [0.4, 0.5) is 0 Å². The van der Waals surface area contributed by atoms with Gasteiger partial charge in [-0.15, -0.1) is 0 Å². The van der Waals surface area contributed by atoms with Crippen molar-refractivity contribution in [3.05, 3.63) is 23.0 Å². The number of aliphatic carboxylic acids is 1. The number of amides is 1. The maximum atomic E-state index is 11.8. The van der Waals surface area contributed by atoms with Crippen LogP contribution in [0, 0.1) is 5.41 Å². The van der Waals surface area contributed by atoms with Gasteiger partial charge in [0.1, 0.15) is 5.69 Å². The summed E-state index contributed by atoms with van der Waals surface area (Å²) >= 11 is 5.69. The molecule has 1 amide bonds. The lowest BCUT2D eigenvalue weighted by Crippen LogP contribution is -2.42. The molecule has 0 saturated carbocycles. The summed E-state index contributed by atoms with van der Waals surface area (Å²) in [5.41, 5.74) is -0.585. The van der Waals surface area contributed by atoms with Crippen LogP contribution < -0.4 is 5.32 Å². The van der Waals surface area contributed by atoms with Crippen LogP contribution in [0.3, 0.4) is 0 Å². The summed E-state index contributed by atoms with van der Waals surface area (Å²) in [5.74, 6) is -1.24. The minimum Gasteiger partial charge on any atom is -0.481 e. The van der Waals surface area contributed by atoms with Gasteiger partial charge in [-0.05, 0) is 18.9 Å². The number of nitrogens with one attached hydrogen (secondary N) is 2. The van der Waals surface area contributed by atoms with Crippen LogP contribution in [0.15, 0.2) is 12.3 Å². The second-order valence-corrected chi connectivity index (χ2v) is 4.64. The summed E-state index contributed by atoms with van der Waals surface area (Å²) in [6.45, 7) is 3.70. The van der Waals surface area contributed by atoms with Crippen molar-refractivity contribution in [2.75, 3.05) is 6.54 Å². The molecule has 100 valence electrons. The van der Waals surface area contributed by atoms with E-state index in [0.29, 0.717) is 23.6 Å². The zero-order valence-electron chi connectivity index (χ0n) is 10.4. The van der Waals surface area contributed by atoms with Crippen molar-refractivity contribution in [3.63, 3.8) is 0 Å². The van der Waals surface area contributed by atoms with E-state index in [9.17, 15) is 14.7 Å². The smallest absolute Gasteiger partial charge is 0.311 e. The van der Waals surface area contributed by atoms with Gasteiger partial charge in [0, 0.05) is 12.7 Å². The molecule has 0 aromatic carbocycles. The van der Waals surface area contributed by atoms with E-state index in [0.717, 1.165) is 0 Å². The number of hydrogen-bond donors (Lipinski definition) is 3. The van der Waals surface area contributed by atoms with Gasteiger partial charge in [0.2, 0.25) is 0 Å². The maximum Gasteiger partial charge on any atom is 0.311 e. The zero-order chi connectivity index (χ0) is 13.8. The average Bonchev–Trinajstić information content (AvgIpc) is 2.77. The van der Waals surface area contributed by atoms with Crippen molar-refractivity contribution in [3.8, 4) is 0 Å². The second kappa shape index (κ2) is 5.91. The minimum atomic E-state index is -0.911. The summed E-state index contributed by atoms with van der Waals surface area (Å²) in [4.78, 5) is 25.7. The third-order valence-electron chi connectivity index (χ3n) is 3.29. The minimum absolute atomic E-state index is 0.102. The van der Waals surface area contributed by atoms with E-state index in [4.69, 9.17) is 11.6 Å². The van der Waals surface area contributed by atoms with E-state index in [1.54, 1.807) is 13.8 Å². The Balaban J connectivity index is 2.69. The van der Waals surface area contributed by atoms with Crippen molar-refractivity contribution in [1.29, 1.82) is 0 Å². The van der Waals surface area contributed by atoms with Crippen LogP contribution in [-0.2, 0) is 4.79 Å². The number of H-pyrrole nitrogens is 1. The van der Waals surface area contributed by atoms with Crippen LogP contribution >= 0.6 is 11.6 Å². The van der Waals surface area contributed by atoms with Gasteiger partial charge in [0.05, 0.1) is 10.4 Å². The molecule has 18 heavy (non-hydrogen) atoms. The van der Waals surface area contributed by atoms with E-state index in [1.165, 1.54) is 12.3 Å². The number of aromatic amines is 1. The van der Waals surface area contributed by atoms with E-state index < -0.39 is 11.4 Å². The summed E-state index contributed by atoms with van der Waals surface area (Å²) in [6, 6.07) is 1.50. The molecule has 5 nitrogen and oxygen atoms in total. The van der Waals surface area contributed by atoms with Gasteiger partial charge in [0.25, 0.3) is 5.91 Å². The third-order valence-corrected chi connectivity index (χ3v) is 3.51. The van der Waals surface area contributed by atoms with Crippen molar-refractivity contribution < 1.29 is 14.7 Å². The third kappa shape index (κ3) is 3.04. The molecule has 0 spiro atoms. The first-order valence-electron chi connectivity index (χ1n) is 5.80. The Kier molecular flexibility index (Phi) is 4.78. The first-order valence-corrected chi connectivity index (χ1v) is 6.18. The fourth-order valence-corrected chi connectivity index (χ4v) is 1.89. The SMILES string of the molecule is CCC(CC)(CNC(=O)c1cc(Cl)c[nH]1)C(=O)O. The average molecular weight is 273 g/mol. The predicted molar refractivity (Wildman–Crippen MR) is 68.8 cm³/mol. The van der Waals surface area contributed by atoms with Crippen molar-refractivity contribution >= 4 is 23.5 Å². The Morgan fingerprint density at radius 3 is 2.44 bits per heavy atom. The number of rotatable bonds is 6. The Hall–Kier alpha value is -1.49. The Morgan fingerprint density at radius 2 is 2.06 bits per heavy atom. The van der Waals surface area contributed by atoms with Gasteiger partial charge in [-0.1, -0.05) is 25.4 Å². The first kappa shape index (κ1) is 14.6. The summed E-state index contributed by atoms with van der Waals surface area (Å²) < 4.78 is 0. The molecule has 1 heterocycles. The molecule has 1 rings (SSSR count). The number of carbonyl (C=O) groups is 2. The van der Waals surface area contributed by atoms with Crippen molar-refractivity contribution in [2.45, 2.75) is 26.7 Å². The van der Waals surface area contributed by atoms with E-state index in [1.807, 2.05) is 0 Å². The van der Waals surface area contributed by atoms with Gasteiger partial charge < -0.3 is 15.4 Å². The van der Waals surface area contributed by atoms with Crippen LogP contribution in [0.25, 0.3) is 0 Å². The monoisotopic (exact) mass is 272 g/mol. The van der Waals surface area contributed by atoms with Gasteiger partial charge in [0.15, 0.2) is 0 Å². The van der Waals surface area contributed by atoms with Crippen LogP contribution in [0.2, 0.25) is 5.02 Å². The fourth-order valence-electron chi connectivity index (χ4n) is 1.72. The zero-order valence-corrected chi connectivity index (χ0v) is 11.2.